The molecule has 86 valence electrons. The van der Waals surface area contributed by atoms with Gasteiger partial charge < -0.3 is 14.4 Å². The number of carbonyl (C=O) groups is 2. The average molecular weight is 246 g/mol. The number of carboxylic acid groups (broad SMARTS) is 2. The number of rotatable bonds is 3. The second kappa shape index (κ2) is 4.19. The first-order valence-electron chi connectivity index (χ1n) is 3.84. The normalized spacial score (nSPS) is 10.8. The molecule has 7 nitrogen and oxygen atoms in total. The van der Waals surface area contributed by atoms with Gasteiger partial charge in [-0.05, 0) is 24.3 Å². The van der Waals surface area contributed by atoms with Crippen LogP contribution in [0.15, 0.2) is 29.2 Å². The highest BCUT2D eigenvalue weighted by atomic mass is 32.2. The van der Waals surface area contributed by atoms with E-state index in [4.69, 9.17) is 10.2 Å². The van der Waals surface area contributed by atoms with Gasteiger partial charge in [0.05, 0.1) is 5.56 Å². The van der Waals surface area contributed by atoms with Gasteiger partial charge >= 0.3 is 22.2 Å². The Balaban J connectivity index is 3.07. The molecule has 0 saturated carbocycles. The van der Waals surface area contributed by atoms with E-state index in [1.54, 1.807) is 0 Å². The molecule has 0 atom stereocenters. The molecule has 8 heteroatoms. The zero-order valence-electron chi connectivity index (χ0n) is 7.65. The molecule has 0 radical (unpaired) electrons. The Morgan fingerprint density at radius 2 is 1.56 bits per heavy atom. The maximum absolute atomic E-state index is 11.2. The summed E-state index contributed by atoms with van der Waals surface area (Å²) in [5, 5.41) is 16.7. The second-order valence-electron chi connectivity index (χ2n) is 2.63. The molecule has 0 spiro atoms. The van der Waals surface area contributed by atoms with Crippen molar-refractivity contribution in [2.75, 3.05) is 0 Å². The van der Waals surface area contributed by atoms with Crippen LogP contribution in [0.25, 0.3) is 0 Å². The zero-order valence-corrected chi connectivity index (χ0v) is 8.47. The van der Waals surface area contributed by atoms with Gasteiger partial charge in [0.25, 0.3) is 0 Å². The van der Waals surface area contributed by atoms with E-state index in [1.807, 2.05) is 0 Å². The molecule has 0 aliphatic heterocycles. The molecule has 0 aliphatic rings. The first kappa shape index (κ1) is 12.0. The molecule has 0 bridgehead atoms. The SMILES string of the molecule is O=C(O)OS(=O)(=O)c1ccc(C(=O)O)cc1. The Bertz CT molecular complexity index is 514. The van der Waals surface area contributed by atoms with Gasteiger partial charge in [0.2, 0.25) is 0 Å². The molecule has 0 unspecified atom stereocenters. The summed E-state index contributed by atoms with van der Waals surface area (Å²) in [6, 6.07) is 3.95. The third kappa shape index (κ3) is 2.70. The van der Waals surface area contributed by atoms with Crippen molar-refractivity contribution in [1.29, 1.82) is 0 Å². The predicted octanol–water partition coefficient (Wildman–Crippen LogP) is 0.768. The molecular weight excluding hydrogens is 240 g/mol. The van der Waals surface area contributed by atoms with Crippen LogP contribution < -0.4 is 0 Å². The Labute approximate surface area is 90.0 Å². The van der Waals surface area contributed by atoms with Crippen LogP contribution >= 0.6 is 0 Å². The van der Waals surface area contributed by atoms with Gasteiger partial charge in [-0.15, -0.1) is 0 Å². The van der Waals surface area contributed by atoms with E-state index in [9.17, 15) is 18.0 Å². The first-order chi connectivity index (χ1) is 7.33. The number of carboxylic acids is 1. The monoisotopic (exact) mass is 246 g/mol. The van der Waals surface area contributed by atoms with Gasteiger partial charge in [-0.2, -0.15) is 8.42 Å². The molecular formula is C8H6O7S. The highest BCUT2D eigenvalue weighted by Gasteiger charge is 2.19. The number of benzene rings is 1. The van der Waals surface area contributed by atoms with E-state index in [1.165, 1.54) is 0 Å². The van der Waals surface area contributed by atoms with E-state index in [2.05, 4.69) is 4.18 Å². The summed E-state index contributed by atoms with van der Waals surface area (Å²) < 4.78 is 26.0. The van der Waals surface area contributed by atoms with Crippen LogP contribution in [0.2, 0.25) is 0 Å². The average Bonchev–Trinajstić information content (AvgIpc) is 2.16. The van der Waals surface area contributed by atoms with Gasteiger partial charge in [0.15, 0.2) is 0 Å². The van der Waals surface area contributed by atoms with Crippen LogP contribution in [-0.4, -0.2) is 30.8 Å². The molecule has 0 aromatic heterocycles. The summed E-state index contributed by atoms with van der Waals surface area (Å²) in [5.41, 5.74) is -0.116. The number of hydrogen-bond donors (Lipinski definition) is 2. The molecule has 1 aromatic rings. The van der Waals surface area contributed by atoms with E-state index in [0.29, 0.717) is 0 Å². The van der Waals surface area contributed by atoms with Gasteiger partial charge in [-0.3, -0.25) is 0 Å². The summed E-state index contributed by atoms with van der Waals surface area (Å²) in [6.07, 6.45) is -1.96. The summed E-state index contributed by atoms with van der Waals surface area (Å²) in [6.45, 7) is 0. The zero-order chi connectivity index (χ0) is 12.3. The minimum atomic E-state index is -4.39. The molecule has 0 fully saturated rings. The van der Waals surface area contributed by atoms with Crippen LogP contribution in [0.3, 0.4) is 0 Å². The Kier molecular flexibility index (Phi) is 3.14. The van der Waals surface area contributed by atoms with Crippen molar-refractivity contribution in [2.24, 2.45) is 0 Å². The van der Waals surface area contributed by atoms with Crippen molar-refractivity contribution in [1.82, 2.24) is 0 Å². The Morgan fingerprint density at radius 3 is 1.94 bits per heavy atom. The van der Waals surface area contributed by atoms with E-state index in [0.717, 1.165) is 24.3 Å². The van der Waals surface area contributed by atoms with Gasteiger partial charge in [0, 0.05) is 0 Å². The van der Waals surface area contributed by atoms with Crippen LogP contribution in [0.4, 0.5) is 4.79 Å². The summed E-state index contributed by atoms with van der Waals surface area (Å²) in [5.74, 6) is -1.22. The Hall–Kier alpha value is -2.09. The van der Waals surface area contributed by atoms with Crippen LogP contribution in [0.1, 0.15) is 10.4 Å². The predicted molar refractivity (Wildman–Crippen MR) is 49.7 cm³/mol. The minimum absolute atomic E-state index is 0.116. The molecule has 0 aliphatic carbocycles. The standard InChI is InChI=1S/C8H6O7S/c9-7(10)5-1-3-6(4-2-5)16(13,14)15-8(11)12/h1-4H,(H,9,10)(H,11,12). The van der Waals surface area contributed by atoms with E-state index >= 15 is 0 Å². The third-order valence-electron chi connectivity index (χ3n) is 1.57. The van der Waals surface area contributed by atoms with Crippen molar-refractivity contribution < 1.29 is 32.4 Å². The smallest absolute Gasteiger partial charge is 0.478 e. The highest BCUT2D eigenvalue weighted by Crippen LogP contribution is 2.13. The van der Waals surface area contributed by atoms with Gasteiger partial charge in [-0.25, -0.2) is 9.59 Å². The number of aromatic carboxylic acids is 1. The maximum atomic E-state index is 11.2. The molecule has 0 saturated heterocycles. The summed E-state index contributed by atoms with van der Waals surface area (Å²) >= 11 is 0. The highest BCUT2D eigenvalue weighted by molar-refractivity contribution is 7.87. The molecule has 0 heterocycles. The quantitative estimate of drug-likeness (QED) is 0.756. The minimum Gasteiger partial charge on any atom is -0.478 e. The van der Waals surface area contributed by atoms with Crippen molar-refractivity contribution >= 4 is 22.2 Å². The second-order valence-corrected chi connectivity index (χ2v) is 4.18. The Morgan fingerprint density at radius 1 is 1.06 bits per heavy atom. The maximum Gasteiger partial charge on any atom is 0.522 e. The van der Waals surface area contributed by atoms with Gasteiger partial charge in [0.1, 0.15) is 4.90 Å². The molecule has 1 aromatic carbocycles. The lowest BCUT2D eigenvalue weighted by Crippen LogP contribution is -2.11. The lowest BCUT2D eigenvalue weighted by atomic mass is 10.2. The topological polar surface area (TPSA) is 118 Å². The largest absolute Gasteiger partial charge is 0.522 e. The van der Waals surface area contributed by atoms with Crippen molar-refractivity contribution in [3.8, 4) is 0 Å². The first-order valence-corrected chi connectivity index (χ1v) is 5.24. The van der Waals surface area contributed by atoms with Gasteiger partial charge in [-0.1, -0.05) is 0 Å². The van der Waals surface area contributed by atoms with Crippen LogP contribution in [-0.2, 0) is 14.3 Å². The van der Waals surface area contributed by atoms with Crippen molar-refractivity contribution in [3.05, 3.63) is 29.8 Å². The fourth-order valence-corrected chi connectivity index (χ4v) is 1.66. The van der Waals surface area contributed by atoms with E-state index < -0.39 is 27.1 Å². The van der Waals surface area contributed by atoms with E-state index in [-0.39, 0.29) is 5.56 Å². The fourth-order valence-electron chi connectivity index (χ4n) is 0.906. The van der Waals surface area contributed by atoms with Crippen molar-refractivity contribution in [2.45, 2.75) is 4.90 Å². The van der Waals surface area contributed by atoms with Crippen LogP contribution in [0.5, 0.6) is 0 Å². The fraction of sp³-hybridized carbons (Fsp3) is 0. The number of hydrogen-bond acceptors (Lipinski definition) is 5. The summed E-state index contributed by atoms with van der Waals surface area (Å²) in [7, 11) is -4.39. The molecule has 0 amide bonds. The molecule has 1 rings (SSSR count). The third-order valence-corrected chi connectivity index (χ3v) is 2.78. The van der Waals surface area contributed by atoms with Crippen molar-refractivity contribution in [3.63, 3.8) is 0 Å². The lowest BCUT2D eigenvalue weighted by molar-refractivity contribution is 0.0696. The lowest BCUT2D eigenvalue weighted by Gasteiger charge is -2.02. The molecule has 16 heavy (non-hydrogen) atoms. The van der Waals surface area contributed by atoms with Crippen LogP contribution in [0, 0.1) is 0 Å². The molecule has 2 N–H and O–H groups in total. The summed E-state index contributed by atoms with van der Waals surface area (Å²) in [4.78, 5) is 20.1.